The van der Waals surface area contributed by atoms with Crippen LogP contribution in [-0.4, -0.2) is 72.4 Å². The molecule has 114 valence electrons. The first-order chi connectivity index (χ1) is 9.43. The number of nitrogens with zero attached hydrogens (tertiary/aromatic N) is 4. The van der Waals surface area contributed by atoms with Crippen molar-refractivity contribution in [2.45, 2.75) is 25.4 Å². The molecule has 1 saturated heterocycles. The Kier molecular flexibility index (Phi) is 5.07. The van der Waals surface area contributed by atoms with E-state index in [1.54, 1.807) is 0 Å². The van der Waals surface area contributed by atoms with Crippen LogP contribution >= 0.6 is 11.6 Å². The predicted octanol–water partition coefficient (Wildman–Crippen LogP) is 0.758. The number of piperazine rings is 1. The van der Waals surface area contributed by atoms with Crippen molar-refractivity contribution in [3.8, 4) is 0 Å². The third-order valence-corrected chi connectivity index (χ3v) is 4.90. The maximum Gasteiger partial charge on any atom is 0.0847 e. The van der Waals surface area contributed by atoms with E-state index in [0.717, 1.165) is 42.5 Å². The van der Waals surface area contributed by atoms with Gasteiger partial charge in [-0.3, -0.25) is 9.58 Å². The lowest BCUT2D eigenvalue weighted by molar-refractivity contribution is 0.0892. The summed E-state index contributed by atoms with van der Waals surface area (Å²) in [6.07, 6.45) is 0.898. The van der Waals surface area contributed by atoms with Crippen molar-refractivity contribution in [3.05, 3.63) is 16.4 Å². The topological polar surface area (TPSA) is 36.3 Å². The number of likely N-dealkylation sites (N-methyl/N-ethyl adjacent to an activating group) is 3. The van der Waals surface area contributed by atoms with Crippen LogP contribution in [0.2, 0.25) is 5.02 Å². The number of aromatic nitrogens is 2. The van der Waals surface area contributed by atoms with Crippen LogP contribution in [0.5, 0.6) is 0 Å². The quantitative estimate of drug-likeness (QED) is 0.890. The van der Waals surface area contributed by atoms with E-state index < -0.39 is 0 Å². The molecule has 6 heteroatoms. The van der Waals surface area contributed by atoms with Gasteiger partial charge in [-0.2, -0.15) is 5.10 Å². The van der Waals surface area contributed by atoms with Crippen molar-refractivity contribution in [2.75, 3.05) is 40.8 Å². The first-order valence-electron chi connectivity index (χ1n) is 7.18. The molecule has 0 saturated carbocycles. The molecule has 0 amide bonds. The molecule has 1 aliphatic heterocycles. The summed E-state index contributed by atoms with van der Waals surface area (Å²) in [6.45, 7) is 5.28. The van der Waals surface area contributed by atoms with Crippen LogP contribution in [0.4, 0.5) is 0 Å². The molecule has 2 rings (SSSR count). The lowest BCUT2D eigenvalue weighted by Crippen LogP contribution is -2.58. The lowest BCUT2D eigenvalue weighted by Gasteiger charge is -2.42. The SMILES string of the molecule is CNC(Cc1c(Cl)c(C)nn1C)C1CN(C)CCN1C. The third-order valence-electron chi connectivity index (χ3n) is 4.41. The minimum atomic E-state index is 0.370. The van der Waals surface area contributed by atoms with Gasteiger partial charge in [-0.1, -0.05) is 11.6 Å². The maximum atomic E-state index is 6.38. The average Bonchev–Trinajstić information content (AvgIpc) is 2.65. The molecule has 1 N–H and O–H groups in total. The zero-order chi connectivity index (χ0) is 14.9. The van der Waals surface area contributed by atoms with Crippen molar-refractivity contribution in [3.63, 3.8) is 0 Å². The van der Waals surface area contributed by atoms with Gasteiger partial charge in [0.25, 0.3) is 0 Å². The van der Waals surface area contributed by atoms with Gasteiger partial charge in [0.15, 0.2) is 0 Å². The fourth-order valence-electron chi connectivity index (χ4n) is 3.02. The number of hydrogen-bond acceptors (Lipinski definition) is 4. The Balaban J connectivity index is 2.15. The minimum Gasteiger partial charge on any atom is -0.315 e. The highest BCUT2D eigenvalue weighted by molar-refractivity contribution is 6.31. The van der Waals surface area contributed by atoms with E-state index in [2.05, 4.69) is 34.3 Å². The zero-order valence-corrected chi connectivity index (χ0v) is 13.9. The number of nitrogens with one attached hydrogen (secondary N) is 1. The molecule has 2 heterocycles. The summed E-state index contributed by atoms with van der Waals surface area (Å²) in [5.74, 6) is 0. The summed E-state index contributed by atoms with van der Waals surface area (Å²) in [4.78, 5) is 4.84. The van der Waals surface area contributed by atoms with Crippen LogP contribution in [0.1, 0.15) is 11.4 Å². The number of hydrogen-bond donors (Lipinski definition) is 1. The van der Waals surface area contributed by atoms with Gasteiger partial charge < -0.3 is 10.2 Å². The fourth-order valence-corrected chi connectivity index (χ4v) is 3.26. The normalized spacial score (nSPS) is 23.2. The van der Waals surface area contributed by atoms with Gasteiger partial charge in [0.2, 0.25) is 0 Å². The summed E-state index contributed by atoms with van der Waals surface area (Å²) in [5, 5.41) is 8.68. The second kappa shape index (κ2) is 6.43. The first kappa shape index (κ1) is 15.8. The summed E-state index contributed by atoms with van der Waals surface area (Å²) >= 11 is 6.38. The monoisotopic (exact) mass is 299 g/mol. The van der Waals surface area contributed by atoms with Crippen LogP contribution in [0, 0.1) is 6.92 Å². The predicted molar refractivity (Wildman–Crippen MR) is 83.4 cm³/mol. The largest absolute Gasteiger partial charge is 0.315 e. The molecule has 0 radical (unpaired) electrons. The molecule has 0 aromatic carbocycles. The average molecular weight is 300 g/mol. The second-order valence-corrected chi connectivity index (χ2v) is 6.26. The highest BCUT2D eigenvalue weighted by Crippen LogP contribution is 2.22. The molecule has 2 atom stereocenters. The molecular weight excluding hydrogens is 274 g/mol. The number of rotatable bonds is 4. The summed E-state index contributed by atoms with van der Waals surface area (Å²) in [5.41, 5.74) is 2.03. The van der Waals surface area contributed by atoms with Crippen molar-refractivity contribution in [1.82, 2.24) is 24.9 Å². The van der Waals surface area contributed by atoms with E-state index >= 15 is 0 Å². The molecule has 5 nitrogen and oxygen atoms in total. The Hall–Kier alpha value is -0.620. The minimum absolute atomic E-state index is 0.370. The van der Waals surface area contributed by atoms with Gasteiger partial charge in [-0.25, -0.2) is 0 Å². The molecule has 0 bridgehead atoms. The molecular formula is C14H26ClN5. The number of halogens is 1. The Bertz CT molecular complexity index is 459. The smallest absolute Gasteiger partial charge is 0.0847 e. The number of aryl methyl sites for hydroxylation is 2. The molecule has 0 aliphatic carbocycles. The molecule has 0 spiro atoms. The van der Waals surface area contributed by atoms with Crippen LogP contribution in [-0.2, 0) is 13.5 Å². The highest BCUT2D eigenvalue weighted by atomic mass is 35.5. The molecule has 1 aliphatic rings. The van der Waals surface area contributed by atoms with Gasteiger partial charge >= 0.3 is 0 Å². The van der Waals surface area contributed by atoms with Gasteiger partial charge in [0.1, 0.15) is 0 Å². The zero-order valence-electron chi connectivity index (χ0n) is 13.1. The van der Waals surface area contributed by atoms with E-state index in [4.69, 9.17) is 11.6 Å². The van der Waals surface area contributed by atoms with Crippen molar-refractivity contribution in [2.24, 2.45) is 7.05 Å². The van der Waals surface area contributed by atoms with Crippen LogP contribution < -0.4 is 5.32 Å². The Morgan fingerprint density at radius 1 is 1.35 bits per heavy atom. The molecule has 20 heavy (non-hydrogen) atoms. The summed E-state index contributed by atoms with van der Waals surface area (Å²) < 4.78 is 1.91. The van der Waals surface area contributed by atoms with E-state index in [0.29, 0.717) is 12.1 Å². The van der Waals surface area contributed by atoms with E-state index in [9.17, 15) is 0 Å². The van der Waals surface area contributed by atoms with Crippen LogP contribution in [0.15, 0.2) is 0 Å². The fraction of sp³-hybridized carbons (Fsp3) is 0.786. The lowest BCUT2D eigenvalue weighted by atomic mass is 9.99. The molecule has 1 aromatic heterocycles. The van der Waals surface area contributed by atoms with E-state index in [-0.39, 0.29) is 0 Å². The van der Waals surface area contributed by atoms with Crippen LogP contribution in [0.3, 0.4) is 0 Å². The van der Waals surface area contributed by atoms with Crippen molar-refractivity contribution < 1.29 is 0 Å². The third kappa shape index (κ3) is 3.17. The Labute approximate surface area is 126 Å². The van der Waals surface area contributed by atoms with Gasteiger partial charge in [0.05, 0.1) is 16.4 Å². The standard InChI is InChI=1S/C14H26ClN5/c1-10-14(15)12(20(5)17-10)8-11(16-2)13-9-18(3)6-7-19(13)4/h11,13,16H,6-9H2,1-5H3. The molecule has 1 fully saturated rings. The Morgan fingerprint density at radius 2 is 2.05 bits per heavy atom. The van der Waals surface area contributed by atoms with Gasteiger partial charge in [-0.05, 0) is 28.1 Å². The first-order valence-corrected chi connectivity index (χ1v) is 7.55. The van der Waals surface area contributed by atoms with Gasteiger partial charge in [0, 0.05) is 45.2 Å². The van der Waals surface area contributed by atoms with E-state index in [1.165, 1.54) is 0 Å². The summed E-state index contributed by atoms with van der Waals surface area (Å²) in [7, 11) is 8.40. The summed E-state index contributed by atoms with van der Waals surface area (Å²) in [6, 6.07) is 0.861. The van der Waals surface area contributed by atoms with Crippen molar-refractivity contribution >= 4 is 11.6 Å². The van der Waals surface area contributed by atoms with E-state index in [1.807, 2.05) is 25.7 Å². The molecule has 1 aromatic rings. The maximum absolute atomic E-state index is 6.38. The van der Waals surface area contributed by atoms with Gasteiger partial charge in [-0.15, -0.1) is 0 Å². The van der Waals surface area contributed by atoms with Crippen LogP contribution in [0.25, 0.3) is 0 Å². The van der Waals surface area contributed by atoms with Crippen molar-refractivity contribution in [1.29, 1.82) is 0 Å². The second-order valence-electron chi connectivity index (χ2n) is 5.88. The Morgan fingerprint density at radius 3 is 2.60 bits per heavy atom. The molecule has 2 unspecified atom stereocenters. The highest BCUT2D eigenvalue weighted by Gasteiger charge is 2.30.